The van der Waals surface area contributed by atoms with Crippen LogP contribution in [0.1, 0.15) is 17.4 Å². The van der Waals surface area contributed by atoms with Gasteiger partial charge in [-0.25, -0.2) is 4.79 Å². The Bertz CT molecular complexity index is 520. The van der Waals surface area contributed by atoms with Crippen molar-refractivity contribution in [1.29, 1.82) is 0 Å². The van der Waals surface area contributed by atoms with Gasteiger partial charge in [-0.1, -0.05) is 18.2 Å². The number of esters is 1. The lowest BCUT2D eigenvalue weighted by Crippen LogP contribution is -2.16. The summed E-state index contributed by atoms with van der Waals surface area (Å²) in [6.07, 6.45) is 1.45. The van der Waals surface area contributed by atoms with Gasteiger partial charge >= 0.3 is 5.97 Å². The zero-order valence-electron chi connectivity index (χ0n) is 9.46. The molecule has 5 nitrogen and oxygen atoms in total. The summed E-state index contributed by atoms with van der Waals surface area (Å²) in [4.78, 5) is 11.9. The highest BCUT2D eigenvalue weighted by Gasteiger charge is 2.18. The van der Waals surface area contributed by atoms with Crippen molar-refractivity contribution >= 4 is 11.7 Å². The largest absolute Gasteiger partial charge is 0.422 e. The summed E-state index contributed by atoms with van der Waals surface area (Å²) in [5.41, 5.74) is 6.30. The van der Waals surface area contributed by atoms with E-state index >= 15 is 0 Å². The lowest BCUT2D eigenvalue weighted by Gasteiger charge is -2.06. The van der Waals surface area contributed by atoms with Crippen LogP contribution in [0.3, 0.4) is 0 Å². The van der Waals surface area contributed by atoms with Gasteiger partial charge < -0.3 is 10.5 Å². The molecule has 0 aliphatic heterocycles. The SMILES string of the molecule is CCn1ncc(N)c1C(=O)Oc1ccccc1. The summed E-state index contributed by atoms with van der Waals surface area (Å²) in [6.45, 7) is 2.45. The molecule has 0 aliphatic rings. The van der Waals surface area contributed by atoms with Crippen molar-refractivity contribution in [2.24, 2.45) is 0 Å². The van der Waals surface area contributed by atoms with E-state index in [0.717, 1.165) is 0 Å². The van der Waals surface area contributed by atoms with Crippen LogP contribution in [0.25, 0.3) is 0 Å². The molecule has 0 aliphatic carbocycles. The zero-order chi connectivity index (χ0) is 12.3. The number of aryl methyl sites for hydroxylation is 1. The summed E-state index contributed by atoms with van der Waals surface area (Å²) in [6, 6.07) is 8.86. The Morgan fingerprint density at radius 2 is 2.12 bits per heavy atom. The molecule has 0 radical (unpaired) electrons. The molecular weight excluding hydrogens is 218 g/mol. The number of nitrogens with zero attached hydrogens (tertiary/aromatic N) is 2. The number of anilines is 1. The van der Waals surface area contributed by atoms with Crippen LogP contribution in [0.4, 0.5) is 5.69 Å². The van der Waals surface area contributed by atoms with Gasteiger partial charge in [0.05, 0.1) is 11.9 Å². The molecule has 0 saturated carbocycles. The van der Waals surface area contributed by atoms with Crippen molar-refractivity contribution in [3.05, 3.63) is 42.2 Å². The average Bonchev–Trinajstić information content (AvgIpc) is 2.71. The van der Waals surface area contributed by atoms with Gasteiger partial charge in [-0.05, 0) is 19.1 Å². The molecule has 0 spiro atoms. The third-order valence-electron chi connectivity index (χ3n) is 2.31. The molecule has 2 aromatic rings. The number of rotatable bonds is 3. The second-order valence-corrected chi connectivity index (χ2v) is 3.47. The Kier molecular flexibility index (Phi) is 3.09. The zero-order valence-corrected chi connectivity index (χ0v) is 9.46. The van der Waals surface area contributed by atoms with Gasteiger partial charge in [0, 0.05) is 6.54 Å². The van der Waals surface area contributed by atoms with E-state index in [1.165, 1.54) is 10.9 Å². The van der Waals surface area contributed by atoms with Gasteiger partial charge in [-0.2, -0.15) is 5.10 Å². The molecule has 17 heavy (non-hydrogen) atoms. The number of aromatic nitrogens is 2. The number of hydrogen-bond donors (Lipinski definition) is 1. The normalized spacial score (nSPS) is 10.2. The molecule has 2 rings (SSSR count). The fraction of sp³-hybridized carbons (Fsp3) is 0.167. The van der Waals surface area contributed by atoms with Gasteiger partial charge in [0.2, 0.25) is 0 Å². The molecule has 1 heterocycles. The molecule has 0 bridgehead atoms. The van der Waals surface area contributed by atoms with Crippen LogP contribution in [-0.4, -0.2) is 15.7 Å². The second-order valence-electron chi connectivity index (χ2n) is 3.47. The van der Waals surface area contributed by atoms with Gasteiger partial charge in [0.1, 0.15) is 5.75 Å². The predicted octanol–water partition coefficient (Wildman–Crippen LogP) is 1.70. The number of hydrogen-bond acceptors (Lipinski definition) is 4. The first-order chi connectivity index (χ1) is 8.22. The van der Waals surface area contributed by atoms with Crippen molar-refractivity contribution in [3.63, 3.8) is 0 Å². The van der Waals surface area contributed by atoms with Crippen LogP contribution in [0.5, 0.6) is 5.75 Å². The number of nitrogen functional groups attached to an aromatic ring is 1. The van der Waals surface area contributed by atoms with E-state index in [4.69, 9.17) is 10.5 Å². The maximum atomic E-state index is 11.9. The summed E-state index contributed by atoms with van der Waals surface area (Å²) in [5, 5.41) is 3.99. The standard InChI is InChI=1S/C12H13N3O2/c1-2-15-11(10(13)8-14-15)12(16)17-9-6-4-3-5-7-9/h3-8H,2,13H2,1H3. The molecule has 1 aromatic carbocycles. The highest BCUT2D eigenvalue weighted by atomic mass is 16.5. The van der Waals surface area contributed by atoms with E-state index in [1.54, 1.807) is 24.3 Å². The van der Waals surface area contributed by atoms with Crippen LogP contribution in [0.2, 0.25) is 0 Å². The monoisotopic (exact) mass is 231 g/mol. The number of ether oxygens (including phenoxy) is 1. The highest BCUT2D eigenvalue weighted by Crippen LogP contribution is 2.15. The van der Waals surface area contributed by atoms with Gasteiger partial charge in [-0.3, -0.25) is 4.68 Å². The van der Waals surface area contributed by atoms with E-state index in [9.17, 15) is 4.79 Å². The topological polar surface area (TPSA) is 70.1 Å². The summed E-state index contributed by atoms with van der Waals surface area (Å²) >= 11 is 0. The van der Waals surface area contributed by atoms with Crippen LogP contribution in [0, 0.1) is 0 Å². The minimum atomic E-state index is -0.493. The Balaban J connectivity index is 2.23. The number of benzene rings is 1. The third kappa shape index (κ3) is 2.28. The highest BCUT2D eigenvalue weighted by molar-refractivity contribution is 5.94. The molecule has 0 fully saturated rings. The molecule has 0 atom stereocenters. The Morgan fingerprint density at radius 1 is 1.41 bits per heavy atom. The molecular formula is C12H13N3O2. The second kappa shape index (κ2) is 4.69. The van der Waals surface area contributed by atoms with Crippen LogP contribution < -0.4 is 10.5 Å². The summed E-state index contributed by atoms with van der Waals surface area (Å²) in [7, 11) is 0. The number of para-hydroxylation sites is 1. The maximum absolute atomic E-state index is 11.9. The van der Waals surface area contributed by atoms with E-state index in [1.807, 2.05) is 13.0 Å². The minimum Gasteiger partial charge on any atom is -0.422 e. The first-order valence-electron chi connectivity index (χ1n) is 5.31. The number of carbonyl (C=O) groups is 1. The van der Waals surface area contributed by atoms with Crippen LogP contribution >= 0.6 is 0 Å². The quantitative estimate of drug-likeness (QED) is 0.644. The van der Waals surface area contributed by atoms with Gasteiger partial charge in [0.25, 0.3) is 0 Å². The maximum Gasteiger partial charge on any atom is 0.364 e. The molecule has 1 aromatic heterocycles. The Morgan fingerprint density at radius 3 is 2.76 bits per heavy atom. The molecule has 2 N–H and O–H groups in total. The van der Waals surface area contributed by atoms with Crippen LogP contribution in [0.15, 0.2) is 36.5 Å². The van der Waals surface area contributed by atoms with E-state index in [2.05, 4.69) is 5.10 Å². The van der Waals surface area contributed by atoms with Crippen molar-refractivity contribution in [3.8, 4) is 5.75 Å². The molecule has 0 saturated heterocycles. The minimum absolute atomic E-state index is 0.288. The summed E-state index contributed by atoms with van der Waals surface area (Å²) in [5.74, 6) is -0.00574. The van der Waals surface area contributed by atoms with Crippen molar-refractivity contribution in [2.45, 2.75) is 13.5 Å². The average molecular weight is 231 g/mol. The fourth-order valence-corrected chi connectivity index (χ4v) is 1.51. The first kappa shape index (κ1) is 11.2. The number of nitrogens with two attached hydrogens (primary N) is 1. The lowest BCUT2D eigenvalue weighted by molar-refractivity contribution is 0.0723. The predicted molar refractivity (Wildman–Crippen MR) is 63.7 cm³/mol. The smallest absolute Gasteiger partial charge is 0.364 e. The Labute approximate surface area is 98.8 Å². The van der Waals surface area contributed by atoms with E-state index in [0.29, 0.717) is 18.0 Å². The van der Waals surface area contributed by atoms with Crippen LogP contribution in [-0.2, 0) is 6.54 Å². The van der Waals surface area contributed by atoms with Gasteiger partial charge in [0.15, 0.2) is 5.69 Å². The van der Waals surface area contributed by atoms with Crippen molar-refractivity contribution in [2.75, 3.05) is 5.73 Å². The molecule has 0 amide bonds. The van der Waals surface area contributed by atoms with E-state index in [-0.39, 0.29) is 5.69 Å². The summed E-state index contributed by atoms with van der Waals surface area (Å²) < 4.78 is 6.72. The number of carbonyl (C=O) groups excluding carboxylic acids is 1. The van der Waals surface area contributed by atoms with E-state index < -0.39 is 5.97 Å². The first-order valence-corrected chi connectivity index (χ1v) is 5.31. The Hall–Kier alpha value is -2.30. The molecule has 88 valence electrons. The fourth-order valence-electron chi connectivity index (χ4n) is 1.51. The lowest BCUT2D eigenvalue weighted by atomic mass is 10.3. The molecule has 5 heteroatoms. The van der Waals surface area contributed by atoms with Crippen molar-refractivity contribution in [1.82, 2.24) is 9.78 Å². The molecule has 0 unspecified atom stereocenters. The van der Waals surface area contributed by atoms with Gasteiger partial charge in [-0.15, -0.1) is 0 Å². The third-order valence-corrected chi connectivity index (χ3v) is 2.31. The van der Waals surface area contributed by atoms with Crippen molar-refractivity contribution < 1.29 is 9.53 Å².